The van der Waals surface area contributed by atoms with Gasteiger partial charge >= 0.3 is 19.8 Å². The zero-order valence-corrected chi connectivity index (χ0v) is 42.9. The molecule has 2 atom stereocenters. The predicted molar refractivity (Wildman–Crippen MR) is 270 cm³/mol. The fourth-order valence-electron chi connectivity index (χ4n) is 7.64. The zero-order chi connectivity index (χ0) is 46.9. The number of hydrogen-bond donors (Lipinski definition) is 2. The molecule has 0 fully saturated rings. The Kier molecular flexibility index (Phi) is 47.5. The van der Waals surface area contributed by atoms with E-state index in [1.165, 1.54) is 141 Å². The minimum atomic E-state index is -4.45. The van der Waals surface area contributed by atoms with Crippen LogP contribution < -0.4 is 5.32 Å². The van der Waals surface area contributed by atoms with Gasteiger partial charge in [0.05, 0.1) is 13.2 Å². The summed E-state index contributed by atoms with van der Waals surface area (Å²) in [6.45, 7) is 10.4. The lowest BCUT2D eigenvalue weighted by Crippen LogP contribution is -2.29. The van der Waals surface area contributed by atoms with Crippen LogP contribution in [0.1, 0.15) is 265 Å². The first-order valence-corrected chi connectivity index (χ1v) is 28.4. The molecule has 1 unspecified atom stereocenters. The number of unbranched alkanes of at least 4 members (excludes halogenated alkanes) is 30. The Balaban J connectivity index is 4.56. The lowest BCUT2D eigenvalue weighted by molar-refractivity contribution is -0.161. The fourth-order valence-corrected chi connectivity index (χ4v) is 8.39. The van der Waals surface area contributed by atoms with Crippen molar-refractivity contribution < 1.29 is 37.6 Å². The van der Waals surface area contributed by atoms with Crippen LogP contribution in [-0.4, -0.2) is 49.3 Å². The van der Waals surface area contributed by atoms with Crippen molar-refractivity contribution in [1.82, 2.24) is 5.32 Å². The number of hydrogen-bond acceptors (Lipinski definition) is 8. The molecule has 0 radical (unpaired) electrons. The summed E-state index contributed by atoms with van der Waals surface area (Å²) in [5, 5.41) is 3.17. The maximum atomic E-state index is 12.8. The van der Waals surface area contributed by atoms with E-state index in [1.54, 1.807) is 0 Å². The van der Waals surface area contributed by atoms with Gasteiger partial charge < -0.3 is 19.7 Å². The molecule has 0 heterocycles. The molecule has 0 rings (SSSR count). The summed E-state index contributed by atoms with van der Waals surface area (Å²) in [7, 11) is -4.45. The predicted octanol–water partition coefficient (Wildman–Crippen LogP) is 16.7. The number of allylic oxidation sites excluding steroid dienone is 5. The number of carbonyl (C=O) groups is 2. The highest BCUT2D eigenvalue weighted by atomic mass is 31.2. The highest BCUT2D eigenvalue weighted by Crippen LogP contribution is 2.43. The largest absolute Gasteiger partial charge is 0.472 e. The van der Waals surface area contributed by atoms with Crippen molar-refractivity contribution in [3.63, 3.8) is 0 Å². The van der Waals surface area contributed by atoms with Crippen molar-refractivity contribution in [1.29, 1.82) is 0 Å². The van der Waals surface area contributed by atoms with E-state index in [0.29, 0.717) is 13.0 Å². The Morgan fingerprint density at radius 1 is 0.500 bits per heavy atom. The lowest BCUT2D eigenvalue weighted by atomic mass is 10.1. The second kappa shape index (κ2) is 49.0. The zero-order valence-electron chi connectivity index (χ0n) is 42.0. The third-order valence-electron chi connectivity index (χ3n) is 11.8. The van der Waals surface area contributed by atoms with Gasteiger partial charge in [-0.2, -0.15) is 0 Å². The smallest absolute Gasteiger partial charge is 0.462 e. The van der Waals surface area contributed by atoms with Gasteiger partial charge in [-0.1, -0.05) is 206 Å². The molecule has 9 nitrogen and oxygen atoms in total. The Morgan fingerprint density at radius 2 is 0.859 bits per heavy atom. The van der Waals surface area contributed by atoms with Crippen molar-refractivity contribution in [2.75, 3.05) is 26.4 Å². The Bertz CT molecular complexity index is 1160. The molecule has 0 aromatic rings. The molecule has 0 aliphatic carbocycles. The second-order valence-electron chi connectivity index (χ2n) is 18.2. The number of ether oxygens (including phenoxy) is 2. The van der Waals surface area contributed by atoms with Gasteiger partial charge in [0.15, 0.2) is 6.10 Å². The fraction of sp³-hybridized carbons (Fsp3) is 0.852. The number of carbonyl (C=O) groups excluding carboxylic acids is 2. The van der Waals surface area contributed by atoms with Crippen LogP contribution in [0.5, 0.6) is 0 Å². The monoisotopic (exact) mass is 924 g/mol. The van der Waals surface area contributed by atoms with Crippen molar-refractivity contribution in [3.05, 3.63) is 36.6 Å². The van der Waals surface area contributed by atoms with Crippen LogP contribution in [0.25, 0.3) is 0 Å². The molecule has 376 valence electrons. The number of phosphoric acid groups is 1. The van der Waals surface area contributed by atoms with Gasteiger partial charge in [0.2, 0.25) is 0 Å². The summed E-state index contributed by atoms with van der Waals surface area (Å²) < 4.78 is 34.3. The number of nitrogens with one attached hydrogen (secondary N) is 1. The Morgan fingerprint density at radius 3 is 1.28 bits per heavy atom. The molecule has 0 aromatic carbocycles. The lowest BCUT2D eigenvalue weighted by Gasteiger charge is -2.20. The summed E-state index contributed by atoms with van der Waals surface area (Å²) in [4.78, 5) is 35.8. The van der Waals surface area contributed by atoms with E-state index in [4.69, 9.17) is 18.5 Å². The van der Waals surface area contributed by atoms with Gasteiger partial charge in [0.1, 0.15) is 6.61 Å². The highest BCUT2D eigenvalue weighted by molar-refractivity contribution is 7.47. The van der Waals surface area contributed by atoms with E-state index < -0.39 is 26.5 Å². The van der Waals surface area contributed by atoms with Crippen LogP contribution in [0.15, 0.2) is 36.6 Å². The Hall–Kier alpha value is -1.93. The van der Waals surface area contributed by atoms with Gasteiger partial charge in [0.25, 0.3) is 0 Å². The Labute approximate surface area is 395 Å². The van der Waals surface area contributed by atoms with Gasteiger partial charge in [-0.15, -0.1) is 0 Å². The number of phosphoric ester groups is 1. The van der Waals surface area contributed by atoms with Crippen molar-refractivity contribution in [2.45, 2.75) is 271 Å². The quantitative estimate of drug-likeness (QED) is 0.0266. The second-order valence-corrected chi connectivity index (χ2v) is 19.6. The normalized spacial score (nSPS) is 13.1. The molecule has 0 amide bonds. The van der Waals surface area contributed by atoms with Crippen LogP contribution in [0, 0.1) is 0 Å². The molecule has 64 heavy (non-hydrogen) atoms. The van der Waals surface area contributed by atoms with Gasteiger partial charge in [-0.3, -0.25) is 18.6 Å². The van der Waals surface area contributed by atoms with Crippen molar-refractivity contribution >= 4 is 19.8 Å². The van der Waals surface area contributed by atoms with E-state index in [-0.39, 0.29) is 32.0 Å². The minimum Gasteiger partial charge on any atom is -0.462 e. The third-order valence-corrected chi connectivity index (χ3v) is 12.7. The average Bonchev–Trinajstić information content (AvgIpc) is 3.28. The van der Waals surface area contributed by atoms with E-state index >= 15 is 0 Å². The first-order valence-electron chi connectivity index (χ1n) is 26.9. The standard InChI is InChI=1S/C54H102NO8P/c1-5-8-11-14-17-20-22-24-26-28-30-33-36-39-42-45-53(56)60-49-52(63-54(57)46-43-40-37-34-31-29-27-25-23-21-18-15-12-9-6-2)50-62-64(58,59)61-48-47-55-51(4)44-41-38-35-32-19-16-13-10-7-3/h24-27,52,55H,4-23,28-50H2,1-3H3,(H,58,59)/b26-24-,27-25-/t52-/m1/s1. The van der Waals surface area contributed by atoms with Crippen LogP contribution >= 0.6 is 7.82 Å². The maximum Gasteiger partial charge on any atom is 0.472 e. The summed E-state index contributed by atoms with van der Waals surface area (Å²) >= 11 is 0. The molecular formula is C54H102NO8P. The van der Waals surface area contributed by atoms with E-state index in [1.807, 2.05) is 0 Å². The van der Waals surface area contributed by atoms with Crippen LogP contribution in [0.2, 0.25) is 0 Å². The molecule has 0 bridgehead atoms. The highest BCUT2D eigenvalue weighted by Gasteiger charge is 2.26. The topological polar surface area (TPSA) is 120 Å². The van der Waals surface area contributed by atoms with Gasteiger partial charge in [0, 0.05) is 25.1 Å². The molecule has 0 aliphatic rings. The molecule has 0 saturated carbocycles. The van der Waals surface area contributed by atoms with E-state index in [0.717, 1.165) is 89.2 Å². The maximum absolute atomic E-state index is 12.8. The summed E-state index contributed by atoms with van der Waals surface area (Å²) in [5.41, 5.74) is 0.877. The molecular weight excluding hydrogens is 822 g/mol. The first-order chi connectivity index (χ1) is 31.2. The third kappa shape index (κ3) is 48.0. The van der Waals surface area contributed by atoms with Crippen LogP contribution in [-0.2, 0) is 32.7 Å². The minimum absolute atomic E-state index is 0.0601. The van der Waals surface area contributed by atoms with Crippen LogP contribution in [0.4, 0.5) is 0 Å². The molecule has 0 aliphatic heterocycles. The molecule has 0 saturated heterocycles. The molecule has 2 N–H and O–H groups in total. The summed E-state index contributed by atoms with van der Waals surface area (Å²) in [6.07, 6.45) is 51.4. The molecule has 0 aromatic heterocycles. The first kappa shape index (κ1) is 62.1. The number of esters is 2. The van der Waals surface area contributed by atoms with Gasteiger partial charge in [-0.25, -0.2) is 4.57 Å². The number of rotatable bonds is 51. The average molecular weight is 924 g/mol. The van der Waals surface area contributed by atoms with Gasteiger partial charge in [-0.05, 0) is 77.0 Å². The van der Waals surface area contributed by atoms with Crippen molar-refractivity contribution in [3.8, 4) is 0 Å². The summed E-state index contributed by atoms with van der Waals surface area (Å²) in [5.74, 6) is -0.823. The van der Waals surface area contributed by atoms with Crippen molar-refractivity contribution in [2.24, 2.45) is 0 Å². The summed E-state index contributed by atoms with van der Waals surface area (Å²) in [6, 6.07) is 0. The van der Waals surface area contributed by atoms with E-state index in [2.05, 4.69) is 57.0 Å². The van der Waals surface area contributed by atoms with Crippen LogP contribution in [0.3, 0.4) is 0 Å². The SMILES string of the molecule is C=C(CCCCCCCCCCC)NCCOP(=O)(O)OC[C@@H](COC(=O)CCCCCCC/C=C\CCCCCCCC)OC(=O)CCCCCCC/C=C\CCCCCCCC. The molecule has 10 heteroatoms. The molecule has 0 spiro atoms. The van der Waals surface area contributed by atoms with E-state index in [9.17, 15) is 19.0 Å².